The first-order valence-corrected chi connectivity index (χ1v) is 5.44. The van der Waals surface area contributed by atoms with Crippen LogP contribution in [0.2, 0.25) is 0 Å². The molecule has 106 valence electrons. The minimum absolute atomic E-state index is 0.0644. The summed E-state index contributed by atoms with van der Waals surface area (Å²) in [6, 6.07) is 4.16. The highest BCUT2D eigenvalue weighted by Gasteiger charge is 2.28. The number of rotatable bonds is 5. The van der Waals surface area contributed by atoms with E-state index in [1.807, 2.05) is 0 Å². The Kier molecular flexibility index (Phi) is 4.63. The summed E-state index contributed by atoms with van der Waals surface area (Å²) in [6.45, 7) is -0.322. The molecule has 0 heterocycles. The smallest absolute Gasteiger partial charge is 0.390 e. The van der Waals surface area contributed by atoms with Gasteiger partial charge in [-0.05, 0) is 12.1 Å². The number of methoxy groups -OCH3 is 1. The number of carboxylic acids is 1. The van der Waals surface area contributed by atoms with Gasteiger partial charge in [0.2, 0.25) is 0 Å². The van der Waals surface area contributed by atoms with E-state index in [9.17, 15) is 18.0 Å². The molecule has 0 aliphatic heterocycles. The van der Waals surface area contributed by atoms with Crippen molar-refractivity contribution in [3.63, 3.8) is 0 Å². The highest BCUT2D eigenvalue weighted by molar-refractivity contribution is 5.94. The van der Waals surface area contributed by atoms with Gasteiger partial charge in [-0.1, -0.05) is 0 Å². The van der Waals surface area contributed by atoms with E-state index in [4.69, 9.17) is 9.84 Å². The van der Waals surface area contributed by atoms with Gasteiger partial charge in [-0.25, -0.2) is 4.79 Å². The number of anilines is 1. The molecule has 0 amide bonds. The predicted molar refractivity (Wildman–Crippen MR) is 63.9 cm³/mol. The zero-order valence-electron chi connectivity index (χ0n) is 10.5. The summed E-state index contributed by atoms with van der Waals surface area (Å²) in [5, 5.41) is 9.02. The second kappa shape index (κ2) is 5.81. The average molecular weight is 277 g/mol. The van der Waals surface area contributed by atoms with Crippen LogP contribution >= 0.6 is 0 Å². The minimum atomic E-state index is -4.28. The van der Waals surface area contributed by atoms with Gasteiger partial charge >= 0.3 is 12.1 Å². The molecule has 4 nitrogen and oxygen atoms in total. The van der Waals surface area contributed by atoms with Crippen molar-refractivity contribution in [3.05, 3.63) is 23.8 Å². The number of ether oxygens (including phenoxy) is 1. The van der Waals surface area contributed by atoms with Gasteiger partial charge in [0.05, 0.1) is 24.8 Å². The van der Waals surface area contributed by atoms with Crippen LogP contribution in [0.5, 0.6) is 5.75 Å². The maximum absolute atomic E-state index is 12.2. The van der Waals surface area contributed by atoms with Crippen molar-refractivity contribution in [3.8, 4) is 5.75 Å². The lowest BCUT2D eigenvalue weighted by Gasteiger charge is -2.22. The average Bonchev–Trinajstić information content (AvgIpc) is 2.34. The van der Waals surface area contributed by atoms with Crippen LogP contribution in [0.4, 0.5) is 18.9 Å². The molecule has 0 aliphatic carbocycles. The molecular weight excluding hydrogens is 263 g/mol. The van der Waals surface area contributed by atoms with Gasteiger partial charge in [-0.3, -0.25) is 0 Å². The number of alkyl halides is 3. The summed E-state index contributed by atoms with van der Waals surface area (Å²) in [5.41, 5.74) is 0.126. The number of carbonyl (C=O) groups is 1. The molecule has 7 heteroatoms. The SMILES string of the molecule is COc1ccc(C(=O)O)c(N(C)CCC(F)(F)F)c1. The van der Waals surface area contributed by atoms with Gasteiger partial charge in [0.1, 0.15) is 5.75 Å². The number of aromatic carboxylic acids is 1. The van der Waals surface area contributed by atoms with Crippen LogP contribution in [0.25, 0.3) is 0 Å². The van der Waals surface area contributed by atoms with Gasteiger partial charge in [-0.2, -0.15) is 13.2 Å². The standard InChI is InChI=1S/C12H14F3NO3/c1-16(6-5-12(13,14)15)10-7-8(19-2)3-4-9(10)11(17)18/h3-4,7H,5-6H2,1-2H3,(H,17,18). The van der Waals surface area contributed by atoms with Gasteiger partial charge in [-0.15, -0.1) is 0 Å². The summed E-state index contributed by atoms with van der Waals surface area (Å²) in [5.74, 6) is -0.810. The van der Waals surface area contributed by atoms with Crippen molar-refractivity contribution in [2.75, 3.05) is 25.6 Å². The molecule has 1 aromatic carbocycles. The second-order valence-electron chi connectivity index (χ2n) is 3.97. The number of halogens is 3. The predicted octanol–water partition coefficient (Wildman–Crippen LogP) is 2.78. The Balaban J connectivity index is 2.98. The van der Waals surface area contributed by atoms with Crippen LogP contribution in [0.3, 0.4) is 0 Å². The van der Waals surface area contributed by atoms with Crippen molar-refractivity contribution in [1.29, 1.82) is 0 Å². The van der Waals surface area contributed by atoms with Crippen LogP contribution in [-0.2, 0) is 0 Å². The molecule has 0 atom stereocenters. The first-order chi connectivity index (χ1) is 8.74. The monoisotopic (exact) mass is 277 g/mol. The van der Waals surface area contributed by atoms with E-state index < -0.39 is 18.6 Å². The van der Waals surface area contributed by atoms with Gasteiger partial charge in [0.15, 0.2) is 0 Å². The van der Waals surface area contributed by atoms with Crippen LogP contribution < -0.4 is 9.64 Å². The zero-order chi connectivity index (χ0) is 14.6. The molecule has 0 aliphatic rings. The van der Waals surface area contributed by atoms with Gasteiger partial charge in [0.25, 0.3) is 0 Å². The van der Waals surface area contributed by atoms with Crippen molar-refractivity contribution < 1.29 is 27.8 Å². The lowest BCUT2D eigenvalue weighted by Crippen LogP contribution is -2.25. The number of hydrogen-bond acceptors (Lipinski definition) is 3. The van der Waals surface area contributed by atoms with E-state index in [1.165, 1.54) is 37.3 Å². The molecule has 0 aromatic heterocycles. The first kappa shape index (κ1) is 15.1. The molecule has 0 bridgehead atoms. The molecular formula is C12H14F3NO3. The molecule has 0 saturated heterocycles. The van der Waals surface area contributed by atoms with Gasteiger partial charge in [0, 0.05) is 19.7 Å². The Hall–Kier alpha value is -1.92. The normalized spacial score (nSPS) is 11.2. The maximum atomic E-state index is 12.2. The zero-order valence-corrected chi connectivity index (χ0v) is 10.5. The van der Waals surface area contributed by atoms with Crippen molar-refractivity contribution in [2.24, 2.45) is 0 Å². The van der Waals surface area contributed by atoms with Crippen LogP contribution in [0.15, 0.2) is 18.2 Å². The highest BCUT2D eigenvalue weighted by atomic mass is 19.4. The topological polar surface area (TPSA) is 49.8 Å². The summed E-state index contributed by atoms with van der Waals surface area (Å²) < 4.78 is 41.4. The molecule has 1 N–H and O–H groups in total. The van der Waals surface area contributed by atoms with E-state index >= 15 is 0 Å². The van der Waals surface area contributed by atoms with E-state index in [-0.39, 0.29) is 17.8 Å². The fourth-order valence-corrected chi connectivity index (χ4v) is 1.55. The van der Waals surface area contributed by atoms with E-state index in [1.54, 1.807) is 0 Å². The minimum Gasteiger partial charge on any atom is -0.497 e. The van der Waals surface area contributed by atoms with Crippen LogP contribution in [-0.4, -0.2) is 38.0 Å². The number of carboxylic acid groups (broad SMARTS) is 1. The van der Waals surface area contributed by atoms with E-state index in [0.717, 1.165) is 0 Å². The fourth-order valence-electron chi connectivity index (χ4n) is 1.55. The summed E-state index contributed by atoms with van der Waals surface area (Å²) in [4.78, 5) is 12.3. The summed E-state index contributed by atoms with van der Waals surface area (Å²) >= 11 is 0. The van der Waals surface area contributed by atoms with Crippen molar-refractivity contribution in [2.45, 2.75) is 12.6 Å². The van der Waals surface area contributed by atoms with Crippen LogP contribution in [0, 0.1) is 0 Å². The first-order valence-electron chi connectivity index (χ1n) is 5.44. The molecule has 0 saturated carbocycles. The molecule has 0 spiro atoms. The lowest BCUT2D eigenvalue weighted by molar-refractivity contribution is -0.132. The maximum Gasteiger partial charge on any atom is 0.390 e. The van der Waals surface area contributed by atoms with E-state index in [0.29, 0.717) is 5.75 Å². The Morgan fingerprint density at radius 1 is 1.42 bits per heavy atom. The molecule has 0 radical (unpaired) electrons. The third-order valence-electron chi connectivity index (χ3n) is 2.58. The Morgan fingerprint density at radius 3 is 2.53 bits per heavy atom. The Bertz CT molecular complexity index is 460. The quantitative estimate of drug-likeness (QED) is 0.899. The Labute approximate surface area is 108 Å². The van der Waals surface area contributed by atoms with Gasteiger partial charge < -0.3 is 14.7 Å². The third-order valence-corrected chi connectivity index (χ3v) is 2.58. The number of benzene rings is 1. The molecule has 19 heavy (non-hydrogen) atoms. The molecule has 1 aromatic rings. The third kappa shape index (κ3) is 4.35. The number of nitrogens with zero attached hydrogens (tertiary/aromatic N) is 1. The molecule has 0 unspecified atom stereocenters. The van der Waals surface area contributed by atoms with Crippen molar-refractivity contribution in [1.82, 2.24) is 0 Å². The summed E-state index contributed by atoms with van der Waals surface area (Å²) in [6.07, 6.45) is -5.30. The largest absolute Gasteiger partial charge is 0.497 e. The highest BCUT2D eigenvalue weighted by Crippen LogP contribution is 2.27. The molecule has 1 rings (SSSR count). The van der Waals surface area contributed by atoms with E-state index in [2.05, 4.69) is 0 Å². The number of hydrogen-bond donors (Lipinski definition) is 1. The lowest BCUT2D eigenvalue weighted by atomic mass is 10.1. The van der Waals surface area contributed by atoms with Crippen LogP contribution in [0.1, 0.15) is 16.8 Å². The fraction of sp³-hybridized carbons (Fsp3) is 0.417. The summed E-state index contributed by atoms with van der Waals surface area (Å²) in [7, 11) is 2.81. The molecule has 0 fully saturated rings. The van der Waals surface area contributed by atoms with Crippen molar-refractivity contribution >= 4 is 11.7 Å². The second-order valence-corrected chi connectivity index (χ2v) is 3.97. The Morgan fingerprint density at radius 2 is 2.05 bits per heavy atom.